The fourth-order valence-electron chi connectivity index (χ4n) is 2.67. The Morgan fingerprint density at radius 3 is 2.00 bits per heavy atom. The van der Waals surface area contributed by atoms with Crippen molar-refractivity contribution in [1.82, 2.24) is 0 Å². The quantitative estimate of drug-likeness (QED) is 0.614. The summed E-state index contributed by atoms with van der Waals surface area (Å²) >= 11 is 0. The number of esters is 1. The zero-order chi connectivity index (χ0) is 20.6. The summed E-state index contributed by atoms with van der Waals surface area (Å²) in [7, 11) is 0. The van der Waals surface area contributed by atoms with Gasteiger partial charge in [0.15, 0.2) is 0 Å². The molecule has 6 heteroatoms. The standard InChI is InChI=1S/C23H20N2O4/c1-2-29-23(28)19-10-6-7-11-20(19)25-22(27)17-12-14-18(15-13-17)24-21(26)16-8-4-3-5-9-16/h3-15H,2H2,1H3,(H,24,26)(H,25,27). The zero-order valence-electron chi connectivity index (χ0n) is 15.8. The number of amides is 2. The van der Waals surface area contributed by atoms with Crippen LogP contribution in [0.3, 0.4) is 0 Å². The molecule has 6 nitrogen and oxygen atoms in total. The molecule has 3 aromatic carbocycles. The average molecular weight is 388 g/mol. The maximum absolute atomic E-state index is 12.6. The minimum atomic E-state index is -0.498. The summed E-state index contributed by atoms with van der Waals surface area (Å²) in [6.45, 7) is 1.97. The Kier molecular flexibility index (Phi) is 6.37. The molecule has 29 heavy (non-hydrogen) atoms. The Morgan fingerprint density at radius 1 is 0.724 bits per heavy atom. The van der Waals surface area contributed by atoms with Crippen LogP contribution in [0.1, 0.15) is 38.0 Å². The van der Waals surface area contributed by atoms with E-state index in [2.05, 4.69) is 10.6 Å². The number of benzene rings is 3. The Morgan fingerprint density at radius 2 is 1.31 bits per heavy atom. The lowest BCUT2D eigenvalue weighted by Crippen LogP contribution is -2.16. The molecule has 2 amide bonds. The number of nitrogens with one attached hydrogen (secondary N) is 2. The Balaban J connectivity index is 1.68. The highest BCUT2D eigenvalue weighted by Gasteiger charge is 2.15. The molecule has 0 aliphatic heterocycles. The highest BCUT2D eigenvalue weighted by Crippen LogP contribution is 2.18. The predicted molar refractivity (Wildman–Crippen MR) is 111 cm³/mol. The highest BCUT2D eigenvalue weighted by molar-refractivity contribution is 6.08. The molecule has 146 valence electrons. The predicted octanol–water partition coefficient (Wildman–Crippen LogP) is 4.37. The van der Waals surface area contributed by atoms with Gasteiger partial charge in [0.25, 0.3) is 11.8 Å². The number of para-hydroxylation sites is 1. The van der Waals surface area contributed by atoms with Crippen LogP contribution in [0.5, 0.6) is 0 Å². The van der Waals surface area contributed by atoms with Gasteiger partial charge in [-0.25, -0.2) is 4.79 Å². The number of rotatable bonds is 6. The van der Waals surface area contributed by atoms with Gasteiger partial charge in [0, 0.05) is 16.8 Å². The fourth-order valence-corrected chi connectivity index (χ4v) is 2.67. The minimum Gasteiger partial charge on any atom is -0.462 e. The van der Waals surface area contributed by atoms with Crippen LogP contribution in [0.4, 0.5) is 11.4 Å². The number of hydrogen-bond acceptors (Lipinski definition) is 4. The van der Waals surface area contributed by atoms with Crippen molar-refractivity contribution in [1.29, 1.82) is 0 Å². The van der Waals surface area contributed by atoms with Crippen LogP contribution in [0, 0.1) is 0 Å². The smallest absolute Gasteiger partial charge is 0.340 e. The normalized spacial score (nSPS) is 10.1. The molecular weight excluding hydrogens is 368 g/mol. The Labute approximate surface area is 168 Å². The van der Waals surface area contributed by atoms with Gasteiger partial charge in [-0.1, -0.05) is 30.3 Å². The van der Waals surface area contributed by atoms with E-state index in [1.165, 1.54) is 0 Å². The summed E-state index contributed by atoms with van der Waals surface area (Å²) in [4.78, 5) is 36.8. The van der Waals surface area contributed by atoms with Crippen LogP contribution in [0.25, 0.3) is 0 Å². The first-order valence-corrected chi connectivity index (χ1v) is 9.12. The number of carbonyl (C=O) groups is 3. The van der Waals surface area contributed by atoms with E-state index in [0.29, 0.717) is 22.5 Å². The van der Waals surface area contributed by atoms with Gasteiger partial charge in [0.1, 0.15) is 0 Å². The first-order valence-electron chi connectivity index (χ1n) is 9.12. The summed E-state index contributed by atoms with van der Waals surface area (Å²) < 4.78 is 5.01. The lowest BCUT2D eigenvalue weighted by molar-refractivity contribution is 0.0527. The number of anilines is 2. The van der Waals surface area contributed by atoms with E-state index in [9.17, 15) is 14.4 Å². The van der Waals surface area contributed by atoms with Gasteiger partial charge < -0.3 is 15.4 Å². The Hall–Kier alpha value is -3.93. The first kappa shape index (κ1) is 19.8. The van der Waals surface area contributed by atoms with Gasteiger partial charge in [-0.05, 0) is 55.5 Å². The SMILES string of the molecule is CCOC(=O)c1ccccc1NC(=O)c1ccc(NC(=O)c2ccccc2)cc1. The van der Waals surface area contributed by atoms with E-state index in [4.69, 9.17) is 4.74 Å². The number of hydrogen-bond donors (Lipinski definition) is 2. The van der Waals surface area contributed by atoms with E-state index in [1.54, 1.807) is 79.7 Å². The van der Waals surface area contributed by atoms with Gasteiger partial charge in [0.05, 0.1) is 17.9 Å². The largest absolute Gasteiger partial charge is 0.462 e. The van der Waals surface area contributed by atoms with Crippen LogP contribution >= 0.6 is 0 Å². The molecule has 0 atom stereocenters. The summed E-state index contributed by atoms with van der Waals surface area (Å²) in [5, 5.41) is 5.51. The molecule has 0 aliphatic rings. The third-order valence-corrected chi connectivity index (χ3v) is 4.11. The van der Waals surface area contributed by atoms with Crippen molar-refractivity contribution in [2.75, 3.05) is 17.2 Å². The van der Waals surface area contributed by atoms with Crippen molar-refractivity contribution >= 4 is 29.2 Å². The summed E-state index contributed by atoms with van der Waals surface area (Å²) in [6, 6.07) is 22.0. The second-order valence-corrected chi connectivity index (χ2v) is 6.12. The van der Waals surface area contributed by atoms with Crippen molar-refractivity contribution in [3.05, 3.63) is 95.6 Å². The van der Waals surface area contributed by atoms with Gasteiger partial charge >= 0.3 is 5.97 Å². The van der Waals surface area contributed by atoms with Gasteiger partial charge in [0.2, 0.25) is 0 Å². The molecule has 0 saturated heterocycles. The van der Waals surface area contributed by atoms with E-state index in [1.807, 2.05) is 6.07 Å². The lowest BCUT2D eigenvalue weighted by Gasteiger charge is -2.11. The molecule has 0 aromatic heterocycles. The summed E-state index contributed by atoms with van der Waals surface area (Å²) in [5.74, 6) is -1.10. The van der Waals surface area contributed by atoms with Crippen LogP contribution in [-0.4, -0.2) is 24.4 Å². The molecule has 2 N–H and O–H groups in total. The van der Waals surface area contributed by atoms with Crippen molar-refractivity contribution in [2.24, 2.45) is 0 Å². The molecule has 0 radical (unpaired) electrons. The molecule has 0 fully saturated rings. The molecule has 0 aliphatic carbocycles. The Bertz CT molecular complexity index is 1010. The molecule has 3 rings (SSSR count). The fraction of sp³-hybridized carbons (Fsp3) is 0.0870. The van der Waals surface area contributed by atoms with Crippen molar-refractivity contribution in [3.63, 3.8) is 0 Å². The van der Waals surface area contributed by atoms with Crippen LogP contribution in [0.2, 0.25) is 0 Å². The minimum absolute atomic E-state index is 0.230. The van der Waals surface area contributed by atoms with Crippen LogP contribution < -0.4 is 10.6 Å². The topological polar surface area (TPSA) is 84.5 Å². The van der Waals surface area contributed by atoms with E-state index in [-0.39, 0.29) is 24.0 Å². The van der Waals surface area contributed by atoms with Gasteiger partial charge in [-0.2, -0.15) is 0 Å². The van der Waals surface area contributed by atoms with Crippen molar-refractivity contribution in [2.45, 2.75) is 6.92 Å². The molecule has 0 saturated carbocycles. The summed E-state index contributed by atoms with van der Waals surface area (Å²) in [5.41, 5.74) is 2.17. The van der Waals surface area contributed by atoms with Gasteiger partial charge in [-0.15, -0.1) is 0 Å². The third kappa shape index (κ3) is 5.07. The first-order chi connectivity index (χ1) is 14.1. The number of carbonyl (C=O) groups excluding carboxylic acids is 3. The van der Waals surface area contributed by atoms with Crippen molar-refractivity contribution < 1.29 is 19.1 Å². The molecule has 0 unspecified atom stereocenters. The maximum Gasteiger partial charge on any atom is 0.340 e. The van der Waals surface area contributed by atoms with Gasteiger partial charge in [-0.3, -0.25) is 9.59 Å². The molecular formula is C23H20N2O4. The second-order valence-electron chi connectivity index (χ2n) is 6.12. The summed E-state index contributed by atoms with van der Waals surface area (Å²) in [6.07, 6.45) is 0. The molecule has 3 aromatic rings. The average Bonchev–Trinajstić information content (AvgIpc) is 2.75. The zero-order valence-corrected chi connectivity index (χ0v) is 15.8. The highest BCUT2D eigenvalue weighted by atomic mass is 16.5. The molecule has 0 bridgehead atoms. The lowest BCUT2D eigenvalue weighted by atomic mass is 10.1. The monoisotopic (exact) mass is 388 g/mol. The molecule has 0 spiro atoms. The van der Waals surface area contributed by atoms with Crippen LogP contribution in [0.15, 0.2) is 78.9 Å². The number of ether oxygens (including phenoxy) is 1. The van der Waals surface area contributed by atoms with E-state index >= 15 is 0 Å². The van der Waals surface area contributed by atoms with Crippen LogP contribution in [-0.2, 0) is 4.74 Å². The third-order valence-electron chi connectivity index (χ3n) is 4.11. The second kappa shape index (κ2) is 9.32. The van der Waals surface area contributed by atoms with Crippen molar-refractivity contribution in [3.8, 4) is 0 Å². The maximum atomic E-state index is 12.6. The molecule has 0 heterocycles. The van der Waals surface area contributed by atoms with E-state index in [0.717, 1.165) is 0 Å². The van der Waals surface area contributed by atoms with E-state index < -0.39 is 5.97 Å².